The highest BCUT2D eigenvalue weighted by Crippen LogP contribution is 2.43. The van der Waals surface area contributed by atoms with Crippen LogP contribution in [0.1, 0.15) is 23.6 Å². The van der Waals surface area contributed by atoms with Crippen molar-refractivity contribution in [2.24, 2.45) is 0 Å². The first kappa shape index (κ1) is 24.9. The molecule has 1 amide bonds. The number of nitrogens with zero attached hydrogens (tertiary/aromatic N) is 2. The Balaban J connectivity index is 2.17. The van der Waals surface area contributed by atoms with Gasteiger partial charge in [-0.05, 0) is 50.8 Å². The summed E-state index contributed by atoms with van der Waals surface area (Å²) in [5.41, 5.74) is 0.809. The van der Waals surface area contributed by atoms with Crippen LogP contribution in [0.2, 0.25) is 10.0 Å². The smallest absolute Gasteiger partial charge is 0.295 e. The van der Waals surface area contributed by atoms with Crippen LogP contribution in [-0.4, -0.2) is 68.0 Å². The van der Waals surface area contributed by atoms with Gasteiger partial charge in [-0.15, -0.1) is 0 Å². The second-order valence-electron chi connectivity index (χ2n) is 7.89. The highest BCUT2D eigenvalue weighted by Gasteiger charge is 2.46. The Bertz CT molecular complexity index is 1080. The molecule has 176 valence electrons. The minimum Gasteiger partial charge on any atom is -0.507 e. The maximum Gasteiger partial charge on any atom is 0.295 e. The third kappa shape index (κ3) is 5.11. The summed E-state index contributed by atoms with van der Waals surface area (Å²) in [6, 6.07) is 9.03. The van der Waals surface area contributed by atoms with E-state index in [1.165, 1.54) is 31.3 Å². The summed E-state index contributed by atoms with van der Waals surface area (Å²) in [5, 5.41) is 12.0. The molecule has 3 rings (SSSR count). The lowest BCUT2D eigenvalue weighted by Gasteiger charge is -2.26. The molecule has 0 spiro atoms. The van der Waals surface area contributed by atoms with E-state index in [0.29, 0.717) is 29.3 Å². The van der Waals surface area contributed by atoms with Gasteiger partial charge in [0.1, 0.15) is 17.3 Å². The van der Waals surface area contributed by atoms with Crippen molar-refractivity contribution in [3.8, 4) is 11.5 Å². The van der Waals surface area contributed by atoms with Gasteiger partial charge in [0.25, 0.3) is 11.7 Å². The molecule has 33 heavy (non-hydrogen) atoms. The largest absolute Gasteiger partial charge is 0.507 e. The zero-order valence-electron chi connectivity index (χ0n) is 18.9. The van der Waals surface area contributed by atoms with Gasteiger partial charge in [-0.25, -0.2) is 0 Å². The minimum atomic E-state index is -0.782. The molecule has 0 radical (unpaired) electrons. The molecule has 0 saturated carbocycles. The van der Waals surface area contributed by atoms with Crippen LogP contribution >= 0.6 is 23.2 Å². The quantitative estimate of drug-likeness (QED) is 0.334. The third-order valence-electron chi connectivity index (χ3n) is 5.46. The van der Waals surface area contributed by atoms with Gasteiger partial charge < -0.3 is 24.4 Å². The van der Waals surface area contributed by atoms with E-state index < -0.39 is 17.7 Å². The van der Waals surface area contributed by atoms with Gasteiger partial charge in [-0.2, -0.15) is 0 Å². The Morgan fingerprint density at radius 2 is 1.70 bits per heavy atom. The van der Waals surface area contributed by atoms with E-state index in [2.05, 4.69) is 0 Å². The van der Waals surface area contributed by atoms with Gasteiger partial charge in [0.05, 0.1) is 36.4 Å². The first-order chi connectivity index (χ1) is 15.7. The zero-order valence-corrected chi connectivity index (χ0v) is 20.4. The van der Waals surface area contributed by atoms with E-state index in [4.69, 9.17) is 32.7 Å². The van der Waals surface area contributed by atoms with Crippen LogP contribution in [0.4, 0.5) is 0 Å². The highest BCUT2D eigenvalue weighted by molar-refractivity contribution is 6.46. The van der Waals surface area contributed by atoms with Gasteiger partial charge in [0.2, 0.25) is 0 Å². The Hall–Kier alpha value is -2.74. The first-order valence-corrected chi connectivity index (χ1v) is 11.1. The third-order valence-corrected chi connectivity index (χ3v) is 6.01. The molecule has 0 aliphatic carbocycles. The number of likely N-dealkylation sites (tertiary alicyclic amines) is 1. The Morgan fingerprint density at radius 1 is 1.06 bits per heavy atom. The number of benzene rings is 2. The molecule has 7 nitrogen and oxygen atoms in total. The second kappa shape index (κ2) is 10.5. The van der Waals surface area contributed by atoms with Crippen molar-refractivity contribution in [1.82, 2.24) is 9.80 Å². The molecular formula is C24H26Cl2N2O5. The molecule has 2 aromatic rings. The lowest BCUT2D eigenvalue weighted by Crippen LogP contribution is -2.32. The van der Waals surface area contributed by atoms with Gasteiger partial charge in [-0.1, -0.05) is 35.3 Å². The lowest BCUT2D eigenvalue weighted by molar-refractivity contribution is -0.139. The molecule has 1 heterocycles. The van der Waals surface area contributed by atoms with Crippen molar-refractivity contribution >= 4 is 40.7 Å². The van der Waals surface area contributed by atoms with E-state index in [9.17, 15) is 14.7 Å². The number of ketones is 1. The Kier molecular flexibility index (Phi) is 7.89. The Labute approximate surface area is 203 Å². The van der Waals surface area contributed by atoms with E-state index in [0.717, 1.165) is 6.54 Å². The van der Waals surface area contributed by atoms with Crippen molar-refractivity contribution < 1.29 is 24.2 Å². The average molecular weight is 493 g/mol. The van der Waals surface area contributed by atoms with E-state index in [1.54, 1.807) is 24.3 Å². The standard InChI is InChI=1S/C24H26Cl2N2O5/c1-27(2)10-5-11-28-21(14-6-8-15(25)9-7-14)20(23(30)24(28)31)22(29)16-12-17(26)19(33-4)13-18(16)32-3/h6-9,12-13,21,29H,5,10-11H2,1-4H3/b22-20+. The molecule has 1 fully saturated rings. The maximum absolute atomic E-state index is 13.1. The summed E-state index contributed by atoms with van der Waals surface area (Å²) in [6.07, 6.45) is 0.655. The number of hydrogen-bond donors (Lipinski definition) is 1. The summed E-state index contributed by atoms with van der Waals surface area (Å²) >= 11 is 12.3. The number of methoxy groups -OCH3 is 2. The van der Waals surface area contributed by atoms with Crippen LogP contribution in [-0.2, 0) is 9.59 Å². The fourth-order valence-electron chi connectivity index (χ4n) is 3.85. The van der Waals surface area contributed by atoms with Crippen molar-refractivity contribution in [1.29, 1.82) is 0 Å². The summed E-state index contributed by atoms with van der Waals surface area (Å²) in [6.45, 7) is 1.07. The second-order valence-corrected chi connectivity index (χ2v) is 8.73. The van der Waals surface area contributed by atoms with Crippen molar-refractivity contribution in [2.45, 2.75) is 12.5 Å². The minimum absolute atomic E-state index is 0.0355. The number of ether oxygens (including phenoxy) is 2. The van der Waals surface area contributed by atoms with Crippen LogP contribution in [0.15, 0.2) is 42.0 Å². The summed E-state index contributed by atoms with van der Waals surface area (Å²) in [5.74, 6) is -1.21. The van der Waals surface area contributed by atoms with Crippen LogP contribution in [0.25, 0.3) is 5.76 Å². The van der Waals surface area contributed by atoms with Crippen LogP contribution in [0.5, 0.6) is 11.5 Å². The molecule has 1 N–H and O–H groups in total. The average Bonchev–Trinajstić information content (AvgIpc) is 3.03. The fourth-order valence-corrected chi connectivity index (χ4v) is 4.22. The number of aliphatic hydroxyl groups excluding tert-OH is 1. The number of hydrogen-bond acceptors (Lipinski definition) is 6. The number of carbonyl (C=O) groups is 2. The van der Waals surface area contributed by atoms with Crippen LogP contribution < -0.4 is 9.47 Å². The summed E-state index contributed by atoms with van der Waals surface area (Å²) in [7, 11) is 6.75. The number of halogens is 2. The number of amides is 1. The number of Topliss-reactive ketones (excluding diaryl/α,β-unsaturated/α-hetero) is 1. The topological polar surface area (TPSA) is 79.3 Å². The molecule has 1 aliphatic rings. The summed E-state index contributed by atoms with van der Waals surface area (Å²) in [4.78, 5) is 29.6. The van der Waals surface area contributed by atoms with Crippen molar-refractivity contribution in [2.75, 3.05) is 41.4 Å². The molecule has 1 aliphatic heterocycles. The Morgan fingerprint density at radius 3 is 2.27 bits per heavy atom. The van der Waals surface area contributed by atoms with Gasteiger partial charge in [0.15, 0.2) is 0 Å². The van der Waals surface area contributed by atoms with Gasteiger partial charge in [-0.3, -0.25) is 9.59 Å². The van der Waals surface area contributed by atoms with Crippen molar-refractivity contribution in [3.63, 3.8) is 0 Å². The van der Waals surface area contributed by atoms with Crippen LogP contribution in [0.3, 0.4) is 0 Å². The molecule has 9 heteroatoms. The number of carbonyl (C=O) groups excluding carboxylic acids is 2. The SMILES string of the molecule is COc1cc(OC)c(/C(O)=C2\C(=O)C(=O)N(CCCN(C)C)C2c2ccc(Cl)cc2)cc1Cl. The lowest BCUT2D eigenvalue weighted by atomic mass is 9.95. The fraction of sp³-hybridized carbons (Fsp3) is 0.333. The van der Waals surface area contributed by atoms with Crippen LogP contribution in [0, 0.1) is 0 Å². The predicted molar refractivity (Wildman–Crippen MR) is 128 cm³/mol. The molecule has 1 atom stereocenters. The highest BCUT2D eigenvalue weighted by atomic mass is 35.5. The summed E-state index contributed by atoms with van der Waals surface area (Å²) < 4.78 is 10.6. The van der Waals surface area contributed by atoms with Gasteiger partial charge in [0, 0.05) is 17.6 Å². The number of rotatable bonds is 8. The monoisotopic (exact) mass is 492 g/mol. The van der Waals surface area contributed by atoms with E-state index in [-0.39, 0.29) is 27.7 Å². The van der Waals surface area contributed by atoms with E-state index >= 15 is 0 Å². The molecule has 1 unspecified atom stereocenters. The molecular weight excluding hydrogens is 467 g/mol. The molecule has 0 aromatic heterocycles. The predicted octanol–water partition coefficient (Wildman–Crippen LogP) is 4.38. The van der Waals surface area contributed by atoms with Crippen molar-refractivity contribution in [3.05, 3.63) is 63.1 Å². The van der Waals surface area contributed by atoms with Gasteiger partial charge >= 0.3 is 0 Å². The normalized spacial score (nSPS) is 17.7. The maximum atomic E-state index is 13.1. The first-order valence-electron chi connectivity index (χ1n) is 10.3. The molecule has 1 saturated heterocycles. The number of aliphatic hydroxyl groups is 1. The zero-order chi connectivity index (χ0) is 24.3. The molecule has 0 bridgehead atoms. The van der Waals surface area contributed by atoms with E-state index in [1.807, 2.05) is 19.0 Å². The molecule has 2 aromatic carbocycles.